The van der Waals surface area contributed by atoms with Crippen LogP contribution in [0.25, 0.3) is 0 Å². The van der Waals surface area contributed by atoms with E-state index in [1.807, 2.05) is 51.7 Å². The molecule has 3 rings (SSSR count). The van der Waals surface area contributed by atoms with Gasteiger partial charge in [0.1, 0.15) is 23.9 Å². The number of nitrogens with zero attached hydrogens (tertiary/aromatic N) is 2. The third-order valence-corrected chi connectivity index (χ3v) is 14.4. The molecule has 0 radical (unpaired) electrons. The van der Waals surface area contributed by atoms with Crippen molar-refractivity contribution in [3.05, 3.63) is 0 Å². The van der Waals surface area contributed by atoms with Gasteiger partial charge in [0.2, 0.25) is 0 Å². The van der Waals surface area contributed by atoms with Crippen molar-refractivity contribution in [3.63, 3.8) is 0 Å². The molecule has 20 nitrogen and oxygen atoms in total. The average molecular weight is 997 g/mol. The molecule has 20 heteroatoms. The average Bonchev–Trinajstić information content (AvgIpc) is 3.28. The minimum atomic E-state index is -1.86. The second-order valence-corrected chi connectivity index (χ2v) is 20.5. The van der Waals surface area contributed by atoms with Crippen molar-refractivity contribution >= 4 is 11.9 Å². The van der Waals surface area contributed by atoms with Crippen molar-refractivity contribution < 1.29 is 87.2 Å². The summed E-state index contributed by atoms with van der Waals surface area (Å²) in [6.07, 6.45) is -8.80. The van der Waals surface area contributed by atoms with Crippen LogP contribution in [0.3, 0.4) is 0 Å². The van der Waals surface area contributed by atoms with Crippen molar-refractivity contribution in [2.75, 3.05) is 94.3 Å². The second kappa shape index (κ2) is 28.7. The van der Waals surface area contributed by atoms with Crippen molar-refractivity contribution in [2.45, 2.75) is 192 Å². The topological polar surface area (TPSA) is 243 Å². The number of carbonyl (C=O) groups excluding carboxylic acids is 2. The molecule has 5 N–H and O–H groups in total. The Hall–Kier alpha value is -1.70. The number of ether oxygens (including phenoxy) is 11. The zero-order chi connectivity index (χ0) is 51.9. The lowest BCUT2D eigenvalue weighted by atomic mass is 9.77. The first-order chi connectivity index (χ1) is 32.3. The normalized spacial score (nSPS) is 40.2. The van der Waals surface area contributed by atoms with Gasteiger partial charge < -0.3 is 87.4 Å². The van der Waals surface area contributed by atoms with E-state index in [4.69, 9.17) is 57.2 Å². The predicted molar refractivity (Wildman–Crippen MR) is 253 cm³/mol. The van der Waals surface area contributed by atoms with Crippen molar-refractivity contribution in [2.24, 2.45) is 17.8 Å². The van der Waals surface area contributed by atoms with Gasteiger partial charge in [-0.25, -0.2) is 0 Å². The zero-order valence-electron chi connectivity index (χ0n) is 44.2. The van der Waals surface area contributed by atoms with Crippen molar-refractivity contribution in [1.82, 2.24) is 9.80 Å². The summed E-state index contributed by atoms with van der Waals surface area (Å²) < 4.78 is 66.6. The molecule has 0 aromatic heterocycles. The molecule has 18 atom stereocenters. The fraction of sp³-hybridized carbons (Fsp3) is 0.959. The summed E-state index contributed by atoms with van der Waals surface area (Å²) in [5.74, 6) is -3.43. The van der Waals surface area contributed by atoms with E-state index in [9.17, 15) is 30.0 Å². The summed E-state index contributed by atoms with van der Waals surface area (Å²) in [5.41, 5.74) is -4.59. The van der Waals surface area contributed by atoms with Crippen LogP contribution in [-0.4, -0.2) is 232 Å². The van der Waals surface area contributed by atoms with Gasteiger partial charge in [-0.2, -0.15) is 0 Å². The lowest BCUT2D eigenvalue weighted by molar-refractivity contribution is -0.320. The van der Waals surface area contributed by atoms with Gasteiger partial charge >= 0.3 is 11.9 Å². The predicted octanol–water partition coefficient (Wildman–Crippen LogP) is 1.90. The molecule has 0 saturated carbocycles. The molecule has 0 unspecified atom stereocenters. The van der Waals surface area contributed by atoms with Crippen molar-refractivity contribution in [3.8, 4) is 0 Å². The van der Waals surface area contributed by atoms with E-state index in [1.54, 1.807) is 34.6 Å². The maximum atomic E-state index is 14.4. The van der Waals surface area contributed by atoms with Gasteiger partial charge in [-0.15, -0.1) is 0 Å². The standard InChI is InChI=1S/C49H92N2O18/c1-15-37-43(55)48(9,59-14)28-39(66-37)68-40-32(4)44(47(8,57)27-30(2)29-51(13)34(6)42(54)49(10,58)35(7)65-45(56)33(40)5)69-46-41(36(50(11)12)26-31(3)64-46)67-38(53)16-18-60-20-22-62-24-25-63-23-21-61-19-17-52/h30-37,39-44,46,52,54-55,57-58H,15-29H2,1-14H3/t30-,31-,32+,33-,34-,35-,36+,37+,39+,40+,41-,42-,43+,44-,46+,47-,48-,49-/m1/s1. The van der Waals surface area contributed by atoms with E-state index in [-0.39, 0.29) is 63.8 Å². The smallest absolute Gasteiger partial charge is 0.311 e. The van der Waals surface area contributed by atoms with Gasteiger partial charge in [-0.3, -0.25) is 9.59 Å². The van der Waals surface area contributed by atoms with Crippen LogP contribution < -0.4 is 0 Å². The Morgan fingerprint density at radius 2 is 1.41 bits per heavy atom. The van der Waals surface area contributed by atoms with Gasteiger partial charge in [0.25, 0.3) is 0 Å². The molecule has 69 heavy (non-hydrogen) atoms. The molecule has 3 fully saturated rings. The quantitative estimate of drug-likeness (QED) is 0.0769. The number of esters is 2. The summed E-state index contributed by atoms with van der Waals surface area (Å²) in [7, 11) is 7.09. The summed E-state index contributed by atoms with van der Waals surface area (Å²) >= 11 is 0. The third kappa shape index (κ3) is 17.7. The number of rotatable bonds is 22. The molecule has 3 heterocycles. The van der Waals surface area contributed by atoms with E-state index in [0.29, 0.717) is 52.4 Å². The number of aliphatic hydroxyl groups is 5. The number of hydrogen-bond donors (Lipinski definition) is 5. The zero-order valence-corrected chi connectivity index (χ0v) is 44.2. The maximum Gasteiger partial charge on any atom is 0.311 e. The number of likely N-dealkylation sites (N-methyl/N-ethyl adjacent to an activating group) is 2. The Morgan fingerprint density at radius 1 is 0.826 bits per heavy atom. The monoisotopic (exact) mass is 997 g/mol. The van der Waals surface area contributed by atoms with Gasteiger partial charge in [0.15, 0.2) is 18.7 Å². The van der Waals surface area contributed by atoms with Crippen LogP contribution in [0.15, 0.2) is 0 Å². The third-order valence-electron chi connectivity index (χ3n) is 14.4. The van der Waals surface area contributed by atoms with Crippen LogP contribution in [-0.2, 0) is 61.7 Å². The van der Waals surface area contributed by atoms with Crippen LogP contribution >= 0.6 is 0 Å². The molecular weight excluding hydrogens is 905 g/mol. The highest BCUT2D eigenvalue weighted by Crippen LogP contribution is 2.41. The molecule has 406 valence electrons. The SMILES string of the molecule is CC[C@@H]1O[C@@H](O[C@H]2[C@H](C)[C@@H](O[C@@H]3O[C@H](C)C[C@H](N(C)C)[C@H]3OC(=O)CCOCCOCCOCCOCCO)[C@](C)(O)C[C@@H](C)CN(C)[C@H](C)[C@@H](O)[C@](C)(O)[C@@H](C)OC(=O)[C@@H]2C)C[C@@](C)(OC)[C@H]1O. The van der Waals surface area contributed by atoms with Gasteiger partial charge in [0, 0.05) is 32.0 Å². The Kier molecular flexibility index (Phi) is 25.6. The molecule has 0 aromatic carbocycles. The van der Waals surface area contributed by atoms with Gasteiger partial charge in [-0.05, 0) is 94.8 Å². The summed E-state index contributed by atoms with van der Waals surface area (Å²) in [4.78, 5) is 31.9. The van der Waals surface area contributed by atoms with Crippen LogP contribution in [0, 0.1) is 17.8 Å². The minimum absolute atomic E-state index is 0.0388. The number of methoxy groups -OCH3 is 1. The van der Waals surface area contributed by atoms with E-state index in [2.05, 4.69) is 0 Å². The molecule has 0 aromatic rings. The lowest BCUT2D eigenvalue weighted by Gasteiger charge is -2.49. The number of hydrogen-bond acceptors (Lipinski definition) is 20. The van der Waals surface area contributed by atoms with Crippen LogP contribution in [0.1, 0.15) is 101 Å². The molecular formula is C49H92N2O18. The van der Waals surface area contributed by atoms with Crippen LogP contribution in [0.4, 0.5) is 0 Å². The highest BCUT2D eigenvalue weighted by atomic mass is 16.7. The van der Waals surface area contributed by atoms with E-state index < -0.39 is 102 Å². The molecule has 0 bridgehead atoms. The summed E-state index contributed by atoms with van der Waals surface area (Å²) in [5, 5.41) is 56.2. The molecule has 3 aliphatic rings. The first-order valence-electron chi connectivity index (χ1n) is 25.0. The molecule has 3 saturated heterocycles. The number of cyclic esters (lactones) is 1. The molecule has 0 aliphatic carbocycles. The van der Waals surface area contributed by atoms with Gasteiger partial charge in [-0.1, -0.05) is 20.8 Å². The fourth-order valence-corrected chi connectivity index (χ4v) is 9.80. The summed E-state index contributed by atoms with van der Waals surface area (Å²) in [6, 6.07) is -0.952. The van der Waals surface area contributed by atoms with E-state index in [1.165, 1.54) is 21.0 Å². The Morgan fingerprint density at radius 3 is 1.96 bits per heavy atom. The Balaban J connectivity index is 1.98. The molecule has 3 aliphatic heterocycles. The van der Waals surface area contributed by atoms with Crippen molar-refractivity contribution in [1.29, 1.82) is 0 Å². The van der Waals surface area contributed by atoms with Gasteiger partial charge in [0.05, 0.1) is 113 Å². The van der Waals surface area contributed by atoms with E-state index >= 15 is 0 Å². The van der Waals surface area contributed by atoms with E-state index in [0.717, 1.165) is 0 Å². The number of aliphatic hydroxyl groups excluding tert-OH is 3. The largest absolute Gasteiger partial charge is 0.459 e. The lowest BCUT2D eigenvalue weighted by Crippen LogP contribution is -2.61. The van der Waals surface area contributed by atoms with Crippen LogP contribution in [0.2, 0.25) is 0 Å². The first-order valence-corrected chi connectivity index (χ1v) is 25.0. The minimum Gasteiger partial charge on any atom is -0.459 e. The van der Waals surface area contributed by atoms with Crippen LogP contribution in [0.5, 0.6) is 0 Å². The Labute approximate surface area is 411 Å². The number of carbonyl (C=O) groups is 2. The second-order valence-electron chi connectivity index (χ2n) is 20.5. The highest BCUT2D eigenvalue weighted by molar-refractivity contribution is 5.73. The first kappa shape index (κ1) is 61.6. The maximum absolute atomic E-state index is 14.4. The molecule has 0 spiro atoms. The highest BCUT2D eigenvalue weighted by Gasteiger charge is 2.53. The fourth-order valence-electron chi connectivity index (χ4n) is 9.80. The Bertz CT molecular complexity index is 1490. The summed E-state index contributed by atoms with van der Waals surface area (Å²) in [6.45, 7) is 20.1. The molecule has 0 amide bonds.